The first-order valence-corrected chi connectivity index (χ1v) is 13.2. The molecule has 4 heteroatoms. The minimum Gasteiger partial charge on any atom is -0.460 e. The second-order valence-corrected chi connectivity index (χ2v) is 9.37. The quantitative estimate of drug-likeness (QED) is 0.0867. The summed E-state index contributed by atoms with van der Waals surface area (Å²) < 4.78 is 5.52. The molecule has 0 aliphatic heterocycles. The molecule has 0 rings (SSSR count). The lowest BCUT2D eigenvalue weighted by Gasteiger charge is -2.21. The number of carbonyl (C=O) groups is 1. The van der Waals surface area contributed by atoms with Gasteiger partial charge in [-0.25, -0.2) is 0 Å². The molecule has 0 heterocycles. The van der Waals surface area contributed by atoms with Gasteiger partial charge in [0, 0.05) is 0 Å². The maximum Gasteiger partial charge on any atom is 0.320 e. The number of allylic oxidation sites excluding steroid dienone is 3. The minimum atomic E-state index is -0.0784. The van der Waals surface area contributed by atoms with E-state index in [9.17, 15) is 4.79 Å². The van der Waals surface area contributed by atoms with Crippen LogP contribution in [-0.4, -0.2) is 37.1 Å². The van der Waals surface area contributed by atoms with Crippen molar-refractivity contribution in [2.24, 2.45) is 0 Å². The molecule has 0 aliphatic rings. The zero-order valence-electron chi connectivity index (χ0n) is 22.1. The number of ether oxygens (including phenoxy) is 1. The van der Waals surface area contributed by atoms with Crippen molar-refractivity contribution in [1.29, 1.82) is 0 Å². The lowest BCUT2D eigenvalue weighted by atomic mass is 10.1. The summed E-state index contributed by atoms with van der Waals surface area (Å²) in [5.74, 6) is -0.0784. The molecule has 0 spiro atoms. The molecule has 190 valence electrons. The van der Waals surface area contributed by atoms with Crippen LogP contribution >= 0.6 is 17.0 Å². The Morgan fingerprint density at radius 2 is 1.25 bits per heavy atom. The van der Waals surface area contributed by atoms with Crippen LogP contribution in [0.4, 0.5) is 0 Å². The maximum atomic E-state index is 12.4. The molecular formula is C28H54BrNO2. The molecule has 0 aliphatic carbocycles. The van der Waals surface area contributed by atoms with Gasteiger partial charge in [-0.1, -0.05) is 95.3 Å². The van der Waals surface area contributed by atoms with E-state index in [1.165, 1.54) is 88.2 Å². The summed E-state index contributed by atoms with van der Waals surface area (Å²) in [5, 5.41) is 0. The van der Waals surface area contributed by atoms with Crippen LogP contribution in [0.2, 0.25) is 0 Å². The van der Waals surface area contributed by atoms with Crippen LogP contribution in [-0.2, 0) is 9.53 Å². The van der Waals surface area contributed by atoms with Crippen LogP contribution in [0.5, 0.6) is 0 Å². The van der Waals surface area contributed by atoms with Gasteiger partial charge in [0.15, 0.2) is 0 Å². The van der Waals surface area contributed by atoms with Crippen LogP contribution < -0.4 is 0 Å². The van der Waals surface area contributed by atoms with Crippen LogP contribution in [0.3, 0.4) is 0 Å². The van der Waals surface area contributed by atoms with E-state index in [4.69, 9.17) is 4.74 Å². The number of hydrogen-bond acceptors (Lipinski definition) is 3. The highest BCUT2D eigenvalue weighted by Gasteiger charge is 2.11. The predicted octanol–water partition coefficient (Wildman–Crippen LogP) is 8.82. The maximum absolute atomic E-state index is 12.4. The summed E-state index contributed by atoms with van der Waals surface area (Å²) >= 11 is 0. The topological polar surface area (TPSA) is 29.5 Å². The van der Waals surface area contributed by atoms with E-state index in [0.717, 1.165) is 25.9 Å². The number of unbranched alkanes of at least 4 members (excludes halogenated alkanes) is 10. The van der Waals surface area contributed by atoms with Gasteiger partial charge in [0.1, 0.15) is 6.61 Å². The molecule has 0 unspecified atom stereocenters. The normalized spacial score (nSPS) is 11.4. The summed E-state index contributed by atoms with van der Waals surface area (Å²) in [6, 6.07) is 0. The molecule has 0 N–H and O–H groups in total. The SMILES string of the molecule is Br.CCCCCCCCN(CCCCCCCC)CC(=O)OCC=C(C)CCC=C(C)C. The fraction of sp³-hybridized carbons (Fsp3) is 0.821. The third-order valence-electron chi connectivity index (χ3n) is 5.78. The number of hydrogen-bond donors (Lipinski definition) is 0. The van der Waals surface area contributed by atoms with E-state index in [1.54, 1.807) is 0 Å². The average molecular weight is 517 g/mol. The van der Waals surface area contributed by atoms with Crippen molar-refractivity contribution in [3.63, 3.8) is 0 Å². The van der Waals surface area contributed by atoms with Crippen molar-refractivity contribution in [3.05, 3.63) is 23.3 Å². The molecule has 0 bridgehead atoms. The summed E-state index contributed by atoms with van der Waals surface area (Å²) in [7, 11) is 0. The van der Waals surface area contributed by atoms with Gasteiger partial charge in [-0.05, 0) is 65.6 Å². The molecule has 0 fully saturated rings. The van der Waals surface area contributed by atoms with E-state index in [2.05, 4.69) is 51.7 Å². The number of halogens is 1. The first-order chi connectivity index (χ1) is 15.0. The Morgan fingerprint density at radius 3 is 1.75 bits per heavy atom. The number of carbonyl (C=O) groups excluding carboxylic acids is 1. The zero-order chi connectivity index (χ0) is 23.2. The smallest absolute Gasteiger partial charge is 0.320 e. The van der Waals surface area contributed by atoms with Gasteiger partial charge in [0.25, 0.3) is 0 Å². The fourth-order valence-corrected chi connectivity index (χ4v) is 3.70. The molecule has 0 aromatic heterocycles. The first-order valence-electron chi connectivity index (χ1n) is 13.2. The van der Waals surface area contributed by atoms with Gasteiger partial charge in [0.2, 0.25) is 0 Å². The third-order valence-corrected chi connectivity index (χ3v) is 5.78. The second kappa shape index (κ2) is 25.0. The number of nitrogens with zero attached hydrogens (tertiary/aromatic N) is 1. The lowest BCUT2D eigenvalue weighted by molar-refractivity contribution is -0.143. The Labute approximate surface area is 211 Å². The Bertz CT molecular complexity index is 468. The van der Waals surface area contributed by atoms with Gasteiger partial charge in [-0.2, -0.15) is 0 Å². The van der Waals surface area contributed by atoms with E-state index >= 15 is 0 Å². The summed E-state index contributed by atoms with van der Waals surface area (Å²) in [4.78, 5) is 14.7. The van der Waals surface area contributed by atoms with Gasteiger partial charge in [0.05, 0.1) is 6.54 Å². The second-order valence-electron chi connectivity index (χ2n) is 9.37. The Morgan fingerprint density at radius 1 is 0.750 bits per heavy atom. The highest BCUT2D eigenvalue weighted by molar-refractivity contribution is 8.93. The molecule has 0 amide bonds. The molecular weight excluding hydrogens is 462 g/mol. The highest BCUT2D eigenvalue weighted by atomic mass is 79.9. The van der Waals surface area contributed by atoms with Crippen LogP contribution in [0.25, 0.3) is 0 Å². The van der Waals surface area contributed by atoms with E-state index < -0.39 is 0 Å². The number of rotatable bonds is 21. The Balaban J connectivity index is 0. The molecule has 0 aromatic carbocycles. The van der Waals surface area contributed by atoms with Crippen molar-refractivity contribution in [2.75, 3.05) is 26.2 Å². The first kappa shape index (κ1) is 33.6. The number of esters is 1. The molecule has 0 saturated carbocycles. The van der Waals surface area contributed by atoms with E-state index in [1.807, 2.05) is 0 Å². The Hall–Kier alpha value is -0.610. The van der Waals surface area contributed by atoms with Crippen LogP contribution in [0.15, 0.2) is 23.3 Å². The van der Waals surface area contributed by atoms with Crippen molar-refractivity contribution in [1.82, 2.24) is 4.90 Å². The standard InChI is InChI=1S/C28H53NO2.BrH/c1-6-8-10-12-14-16-22-29(23-17-15-13-11-9-7-2)25-28(30)31-24-21-27(5)20-18-19-26(3)4;/h19,21H,6-18,20,22-25H2,1-5H3;1H. The lowest BCUT2D eigenvalue weighted by Crippen LogP contribution is -2.33. The van der Waals surface area contributed by atoms with E-state index in [-0.39, 0.29) is 23.0 Å². The van der Waals surface area contributed by atoms with E-state index in [0.29, 0.717) is 13.2 Å². The van der Waals surface area contributed by atoms with Crippen LogP contribution in [0, 0.1) is 0 Å². The summed E-state index contributed by atoms with van der Waals surface area (Å²) in [6.45, 7) is 13.8. The molecule has 32 heavy (non-hydrogen) atoms. The zero-order valence-corrected chi connectivity index (χ0v) is 23.8. The monoisotopic (exact) mass is 515 g/mol. The third kappa shape index (κ3) is 24.0. The van der Waals surface area contributed by atoms with Gasteiger partial charge in [-0.3, -0.25) is 9.69 Å². The molecule has 0 saturated heterocycles. The van der Waals surface area contributed by atoms with Crippen molar-refractivity contribution < 1.29 is 9.53 Å². The minimum absolute atomic E-state index is 0. The molecule has 0 aromatic rings. The Kier molecular flexibility index (Phi) is 26.2. The van der Waals surface area contributed by atoms with Crippen molar-refractivity contribution >= 4 is 23.0 Å². The molecule has 0 radical (unpaired) electrons. The summed E-state index contributed by atoms with van der Waals surface area (Å²) in [5.41, 5.74) is 2.65. The summed E-state index contributed by atoms with van der Waals surface area (Å²) in [6.07, 6.45) is 21.9. The van der Waals surface area contributed by atoms with Crippen molar-refractivity contribution in [2.45, 2.75) is 125 Å². The predicted molar refractivity (Wildman–Crippen MR) is 147 cm³/mol. The molecule has 0 atom stereocenters. The van der Waals surface area contributed by atoms with Crippen molar-refractivity contribution in [3.8, 4) is 0 Å². The molecule has 3 nitrogen and oxygen atoms in total. The largest absolute Gasteiger partial charge is 0.460 e. The fourth-order valence-electron chi connectivity index (χ4n) is 3.70. The van der Waals surface area contributed by atoms with Gasteiger partial charge < -0.3 is 4.74 Å². The van der Waals surface area contributed by atoms with Gasteiger partial charge >= 0.3 is 5.97 Å². The van der Waals surface area contributed by atoms with Crippen LogP contribution in [0.1, 0.15) is 125 Å². The average Bonchev–Trinajstić information content (AvgIpc) is 2.72. The highest BCUT2D eigenvalue weighted by Crippen LogP contribution is 2.10. The van der Waals surface area contributed by atoms with Gasteiger partial charge in [-0.15, -0.1) is 17.0 Å².